The number of aromatic amines is 1. The molecule has 8 nitrogen and oxygen atoms in total. The molecule has 0 aliphatic heterocycles. The summed E-state index contributed by atoms with van der Waals surface area (Å²) in [5.41, 5.74) is 1.33. The van der Waals surface area contributed by atoms with E-state index in [2.05, 4.69) is 10.1 Å². The van der Waals surface area contributed by atoms with Gasteiger partial charge in [-0.05, 0) is 32.0 Å². The second-order valence-corrected chi connectivity index (χ2v) is 6.74. The van der Waals surface area contributed by atoms with Crippen LogP contribution in [0.2, 0.25) is 0 Å². The predicted molar refractivity (Wildman–Crippen MR) is 111 cm³/mol. The zero-order valence-electron chi connectivity index (χ0n) is 15.8. The molecule has 0 aliphatic rings. The summed E-state index contributed by atoms with van der Waals surface area (Å²) >= 11 is 0. The van der Waals surface area contributed by atoms with Crippen LogP contribution in [0.15, 0.2) is 63.2 Å². The number of fused-ring (bicyclic) bond motifs is 2. The number of nitrogens with one attached hydrogen (secondary N) is 1. The minimum Gasteiger partial charge on any atom is -0.480 e. The first-order valence-corrected chi connectivity index (χ1v) is 9.01. The Bertz CT molecular complexity index is 1410. The fraction of sp³-hybridized carbons (Fsp3) is 0.143. The lowest BCUT2D eigenvalue weighted by Crippen LogP contribution is -2.32. The van der Waals surface area contributed by atoms with E-state index >= 15 is 0 Å². The van der Waals surface area contributed by atoms with Crippen molar-refractivity contribution >= 4 is 34.0 Å². The third-order valence-electron chi connectivity index (χ3n) is 5.04. The molecule has 0 unspecified atom stereocenters. The molecule has 0 spiro atoms. The molecule has 0 saturated carbocycles. The normalized spacial score (nSPS) is 12.8. The molecule has 0 aliphatic carbocycles. The Balaban J connectivity index is 1.92. The number of H-pyrrole nitrogens is 1. The average molecular weight is 390 g/mol. The zero-order valence-corrected chi connectivity index (χ0v) is 15.8. The van der Waals surface area contributed by atoms with Crippen molar-refractivity contribution in [3.63, 3.8) is 0 Å². The zero-order chi connectivity index (χ0) is 20.7. The van der Waals surface area contributed by atoms with Gasteiger partial charge < -0.3 is 14.7 Å². The second kappa shape index (κ2) is 6.90. The van der Waals surface area contributed by atoms with Gasteiger partial charge in [0.15, 0.2) is 0 Å². The molecule has 2 aromatic carbocycles. The summed E-state index contributed by atoms with van der Waals surface area (Å²) in [6.07, 6.45) is 1.42. The maximum absolute atomic E-state index is 12.7. The smallest absolute Gasteiger partial charge is 0.349 e. The van der Waals surface area contributed by atoms with E-state index in [1.807, 2.05) is 24.3 Å². The van der Waals surface area contributed by atoms with Crippen molar-refractivity contribution in [3.8, 4) is 0 Å². The van der Waals surface area contributed by atoms with Gasteiger partial charge >= 0.3 is 11.7 Å². The minimum absolute atomic E-state index is 0.350. The van der Waals surface area contributed by atoms with Crippen molar-refractivity contribution in [2.24, 2.45) is 5.10 Å². The maximum Gasteiger partial charge on any atom is 0.349 e. The number of para-hydroxylation sites is 2. The van der Waals surface area contributed by atoms with Crippen LogP contribution < -0.4 is 11.2 Å². The number of rotatable bonds is 4. The van der Waals surface area contributed by atoms with Crippen molar-refractivity contribution in [1.29, 1.82) is 0 Å². The standard InChI is InChI=1S/C21H18N4O4/c1-12-16(14-7-4-6-10-18(14)24(12)13(2)20(27)28)11-22-25-19(26)15-8-3-5-9-17(15)23-21(25)29/h3-11,13H,1-2H3,(H,23,29)(H,27,28)/t13-/m0/s1. The largest absolute Gasteiger partial charge is 0.480 e. The summed E-state index contributed by atoms with van der Waals surface area (Å²) in [6, 6.07) is 13.3. The molecule has 2 aromatic heterocycles. The number of aromatic nitrogens is 3. The summed E-state index contributed by atoms with van der Waals surface area (Å²) in [6.45, 7) is 3.38. The molecule has 1 atom stereocenters. The highest BCUT2D eigenvalue weighted by Gasteiger charge is 2.21. The molecule has 0 bridgehead atoms. The topological polar surface area (TPSA) is 109 Å². The fourth-order valence-corrected chi connectivity index (χ4v) is 3.56. The first kappa shape index (κ1) is 18.4. The molecule has 29 heavy (non-hydrogen) atoms. The number of benzene rings is 2. The Hall–Kier alpha value is -3.94. The Morgan fingerprint density at radius 1 is 1.10 bits per heavy atom. The van der Waals surface area contributed by atoms with Crippen molar-refractivity contribution in [2.45, 2.75) is 19.9 Å². The molecule has 0 saturated heterocycles. The summed E-state index contributed by atoms with van der Waals surface area (Å²) in [5, 5.41) is 14.7. The number of carboxylic acid groups (broad SMARTS) is 1. The lowest BCUT2D eigenvalue weighted by atomic mass is 10.1. The third kappa shape index (κ3) is 2.94. The SMILES string of the molecule is Cc1c(C=Nn2c(=O)[nH]c3ccccc3c2=O)c2ccccc2n1[C@@H](C)C(=O)O. The molecule has 2 N–H and O–H groups in total. The van der Waals surface area contributed by atoms with Crippen LogP contribution in [0.5, 0.6) is 0 Å². The summed E-state index contributed by atoms with van der Waals surface area (Å²) in [7, 11) is 0. The number of nitrogens with zero attached hydrogens (tertiary/aromatic N) is 3. The van der Waals surface area contributed by atoms with Crippen LogP contribution in [-0.2, 0) is 4.79 Å². The van der Waals surface area contributed by atoms with Crippen molar-refractivity contribution in [2.75, 3.05) is 0 Å². The van der Waals surface area contributed by atoms with Crippen LogP contribution in [0.25, 0.3) is 21.8 Å². The average Bonchev–Trinajstić information content (AvgIpc) is 2.98. The van der Waals surface area contributed by atoms with Gasteiger partial charge in [-0.15, -0.1) is 4.68 Å². The van der Waals surface area contributed by atoms with Crippen molar-refractivity contribution in [1.82, 2.24) is 14.2 Å². The highest BCUT2D eigenvalue weighted by molar-refractivity contribution is 6.01. The van der Waals surface area contributed by atoms with Gasteiger partial charge in [-0.3, -0.25) is 4.79 Å². The highest BCUT2D eigenvalue weighted by atomic mass is 16.4. The number of aliphatic carboxylic acids is 1. The van der Waals surface area contributed by atoms with E-state index in [1.54, 1.807) is 42.7 Å². The molecule has 4 rings (SSSR count). The Labute approximate surface area is 164 Å². The Morgan fingerprint density at radius 2 is 1.76 bits per heavy atom. The van der Waals surface area contributed by atoms with Crippen LogP contribution in [0.3, 0.4) is 0 Å². The van der Waals surface area contributed by atoms with E-state index in [-0.39, 0.29) is 0 Å². The summed E-state index contributed by atoms with van der Waals surface area (Å²) < 4.78 is 2.47. The summed E-state index contributed by atoms with van der Waals surface area (Å²) in [5.74, 6) is -0.959. The van der Waals surface area contributed by atoms with Gasteiger partial charge in [0.05, 0.1) is 17.1 Å². The Morgan fingerprint density at radius 3 is 2.48 bits per heavy atom. The molecule has 146 valence electrons. The monoisotopic (exact) mass is 390 g/mol. The quantitative estimate of drug-likeness (QED) is 0.522. The van der Waals surface area contributed by atoms with Crippen molar-refractivity contribution < 1.29 is 9.90 Å². The summed E-state index contributed by atoms with van der Waals surface area (Å²) in [4.78, 5) is 39.2. The lowest BCUT2D eigenvalue weighted by Gasteiger charge is -2.13. The van der Waals surface area contributed by atoms with Gasteiger partial charge in [0.2, 0.25) is 0 Å². The molecule has 4 aromatic rings. The number of carbonyl (C=O) groups is 1. The third-order valence-corrected chi connectivity index (χ3v) is 5.04. The molecule has 8 heteroatoms. The molecule has 0 fully saturated rings. The molecule has 2 heterocycles. The van der Waals surface area contributed by atoms with Gasteiger partial charge in [0, 0.05) is 22.2 Å². The van der Waals surface area contributed by atoms with Crippen LogP contribution in [0, 0.1) is 6.92 Å². The van der Waals surface area contributed by atoms with E-state index in [9.17, 15) is 19.5 Å². The molecule has 0 amide bonds. The predicted octanol–water partition coefficient (Wildman–Crippen LogP) is 2.48. The van der Waals surface area contributed by atoms with Crippen LogP contribution in [0.4, 0.5) is 0 Å². The van der Waals surface area contributed by atoms with Crippen LogP contribution in [-0.4, -0.2) is 31.5 Å². The van der Waals surface area contributed by atoms with Crippen molar-refractivity contribution in [3.05, 3.63) is 80.6 Å². The minimum atomic E-state index is -0.959. The van der Waals surface area contributed by atoms with E-state index in [4.69, 9.17) is 0 Å². The van der Waals surface area contributed by atoms with E-state index in [1.165, 1.54) is 6.21 Å². The van der Waals surface area contributed by atoms with Gasteiger partial charge in [-0.2, -0.15) is 5.10 Å². The Kier molecular flexibility index (Phi) is 4.38. The first-order chi connectivity index (χ1) is 13.9. The second-order valence-electron chi connectivity index (χ2n) is 6.74. The fourth-order valence-electron chi connectivity index (χ4n) is 3.56. The van der Waals surface area contributed by atoms with E-state index in [0.717, 1.165) is 15.6 Å². The van der Waals surface area contributed by atoms with Crippen LogP contribution >= 0.6 is 0 Å². The van der Waals surface area contributed by atoms with Gasteiger partial charge in [-0.25, -0.2) is 9.59 Å². The first-order valence-electron chi connectivity index (χ1n) is 9.01. The maximum atomic E-state index is 12.7. The van der Waals surface area contributed by atoms with Gasteiger partial charge in [0.1, 0.15) is 6.04 Å². The molecule has 0 radical (unpaired) electrons. The number of hydrogen-bond acceptors (Lipinski definition) is 4. The van der Waals surface area contributed by atoms with E-state index < -0.39 is 23.3 Å². The highest BCUT2D eigenvalue weighted by Crippen LogP contribution is 2.28. The van der Waals surface area contributed by atoms with Gasteiger partial charge in [0.25, 0.3) is 5.56 Å². The number of hydrogen-bond donors (Lipinski definition) is 2. The van der Waals surface area contributed by atoms with Gasteiger partial charge in [-0.1, -0.05) is 30.3 Å². The lowest BCUT2D eigenvalue weighted by molar-refractivity contribution is -0.140. The molecular formula is C21H18N4O4. The number of carboxylic acids is 1. The van der Waals surface area contributed by atoms with E-state index in [0.29, 0.717) is 22.2 Å². The van der Waals surface area contributed by atoms with Crippen LogP contribution in [0.1, 0.15) is 24.2 Å². The molecular weight excluding hydrogens is 372 g/mol.